The second-order valence-electron chi connectivity index (χ2n) is 9.00. The molecule has 2 heteroatoms. The van der Waals surface area contributed by atoms with Crippen molar-refractivity contribution in [3.63, 3.8) is 0 Å². The van der Waals surface area contributed by atoms with Gasteiger partial charge in [-0.1, -0.05) is 25.5 Å². The molecule has 3 aliphatic rings. The number of Topliss-reactive ketones (excluding diaryl/α,β-unsaturated/α-hetero) is 1. The molecule has 0 saturated heterocycles. The second-order valence-corrected chi connectivity index (χ2v) is 9.00. The Morgan fingerprint density at radius 1 is 1.13 bits per heavy atom. The molecule has 130 valence electrons. The maximum atomic E-state index is 13.9. The molecular formula is C21H33FO. The lowest BCUT2D eigenvalue weighted by atomic mass is 9.62. The van der Waals surface area contributed by atoms with E-state index >= 15 is 0 Å². The maximum absolute atomic E-state index is 13.9. The minimum Gasteiger partial charge on any atom is -0.300 e. The fourth-order valence-corrected chi connectivity index (χ4v) is 5.92. The van der Waals surface area contributed by atoms with Crippen molar-refractivity contribution in [1.29, 1.82) is 0 Å². The van der Waals surface area contributed by atoms with E-state index in [4.69, 9.17) is 0 Å². The van der Waals surface area contributed by atoms with Gasteiger partial charge in [0.25, 0.3) is 0 Å². The quantitative estimate of drug-likeness (QED) is 0.539. The first-order valence-corrected chi connectivity index (χ1v) is 9.69. The Balaban J connectivity index is 1.83. The molecule has 0 heterocycles. The molecule has 0 aromatic heterocycles. The maximum Gasteiger partial charge on any atom is 0.133 e. The third-order valence-corrected chi connectivity index (χ3v) is 7.60. The van der Waals surface area contributed by atoms with Crippen molar-refractivity contribution in [2.45, 2.75) is 91.2 Å². The first-order valence-electron chi connectivity index (χ1n) is 9.69. The van der Waals surface area contributed by atoms with E-state index in [0.29, 0.717) is 18.1 Å². The van der Waals surface area contributed by atoms with Gasteiger partial charge >= 0.3 is 0 Å². The molecule has 0 radical (unpaired) electrons. The summed E-state index contributed by atoms with van der Waals surface area (Å²) < 4.78 is 13.9. The Morgan fingerprint density at radius 3 is 2.61 bits per heavy atom. The summed E-state index contributed by atoms with van der Waals surface area (Å²) in [7, 11) is 0. The van der Waals surface area contributed by atoms with E-state index in [-0.39, 0.29) is 16.7 Å². The molecule has 3 rings (SSSR count). The Morgan fingerprint density at radius 2 is 1.87 bits per heavy atom. The molecular weight excluding hydrogens is 287 g/mol. The van der Waals surface area contributed by atoms with Gasteiger partial charge in [0.2, 0.25) is 0 Å². The third-order valence-electron chi connectivity index (χ3n) is 7.60. The highest BCUT2D eigenvalue weighted by molar-refractivity contribution is 5.79. The normalized spacial score (nSPS) is 47.1. The molecule has 0 aromatic rings. The molecule has 0 N–H and O–H groups in total. The molecule has 0 spiro atoms. The molecule has 5 atom stereocenters. The topological polar surface area (TPSA) is 17.1 Å². The number of hydrogen-bond donors (Lipinski definition) is 0. The predicted octanol–water partition coefficient (Wildman–Crippen LogP) is 6.03. The second kappa shape index (κ2) is 6.33. The van der Waals surface area contributed by atoms with Gasteiger partial charge in [-0.2, -0.15) is 0 Å². The van der Waals surface area contributed by atoms with Crippen LogP contribution >= 0.6 is 0 Å². The molecule has 5 unspecified atom stereocenters. The van der Waals surface area contributed by atoms with Crippen molar-refractivity contribution in [3.05, 3.63) is 11.6 Å². The highest BCUT2D eigenvalue weighted by atomic mass is 19.1. The fourth-order valence-electron chi connectivity index (χ4n) is 5.92. The molecule has 2 saturated carbocycles. The summed E-state index contributed by atoms with van der Waals surface area (Å²) in [6, 6.07) is 0. The lowest BCUT2D eigenvalue weighted by Crippen LogP contribution is -2.35. The van der Waals surface area contributed by atoms with Crippen LogP contribution in [0.2, 0.25) is 0 Å². The van der Waals surface area contributed by atoms with E-state index < -0.39 is 6.17 Å². The molecule has 1 nitrogen and oxygen atoms in total. The number of hydrogen-bond acceptors (Lipinski definition) is 1. The van der Waals surface area contributed by atoms with Crippen molar-refractivity contribution in [2.75, 3.05) is 0 Å². The van der Waals surface area contributed by atoms with Crippen LogP contribution in [0.25, 0.3) is 0 Å². The van der Waals surface area contributed by atoms with Gasteiger partial charge in [-0.15, -0.1) is 0 Å². The summed E-state index contributed by atoms with van der Waals surface area (Å²) in [5, 5.41) is 0. The van der Waals surface area contributed by atoms with Gasteiger partial charge in [-0.3, -0.25) is 4.79 Å². The van der Waals surface area contributed by atoms with E-state index in [1.165, 1.54) is 24.8 Å². The van der Waals surface area contributed by atoms with Crippen molar-refractivity contribution >= 4 is 5.78 Å². The highest BCUT2D eigenvalue weighted by Crippen LogP contribution is 2.56. The lowest BCUT2D eigenvalue weighted by Gasteiger charge is -2.42. The van der Waals surface area contributed by atoms with Crippen molar-refractivity contribution < 1.29 is 9.18 Å². The van der Waals surface area contributed by atoms with Crippen LogP contribution < -0.4 is 0 Å². The monoisotopic (exact) mass is 320 g/mol. The number of allylic oxidation sites excluding steroid dienone is 2. The first kappa shape index (κ1) is 17.2. The number of rotatable bonds is 1. The molecule has 0 amide bonds. The number of fused-ring (bicyclic) bond motifs is 2. The minimum absolute atomic E-state index is 0.199. The SMILES string of the molecule is CC(=O)C1CCC2CCC3(C)CCC(F)C/C3=C/CCCC21C. The number of alkyl halides is 1. The van der Waals surface area contributed by atoms with E-state index in [9.17, 15) is 9.18 Å². The van der Waals surface area contributed by atoms with Gasteiger partial charge in [0.15, 0.2) is 0 Å². The average molecular weight is 320 g/mol. The zero-order chi connectivity index (χ0) is 16.7. The Kier molecular flexibility index (Phi) is 4.73. The lowest BCUT2D eigenvalue weighted by molar-refractivity contribution is -0.124. The van der Waals surface area contributed by atoms with E-state index in [2.05, 4.69) is 19.9 Å². The Hall–Kier alpha value is -0.660. The predicted molar refractivity (Wildman–Crippen MR) is 93.0 cm³/mol. The van der Waals surface area contributed by atoms with Crippen LogP contribution in [0, 0.1) is 22.7 Å². The number of carbonyl (C=O) groups is 1. The van der Waals surface area contributed by atoms with Crippen LogP contribution in [0.4, 0.5) is 4.39 Å². The molecule has 0 aliphatic heterocycles. The molecule has 23 heavy (non-hydrogen) atoms. The number of ketones is 1. The van der Waals surface area contributed by atoms with Gasteiger partial charge < -0.3 is 0 Å². The molecule has 0 aromatic carbocycles. The van der Waals surface area contributed by atoms with Crippen LogP contribution in [0.15, 0.2) is 11.6 Å². The zero-order valence-corrected chi connectivity index (χ0v) is 15.2. The summed E-state index contributed by atoms with van der Waals surface area (Å²) in [4.78, 5) is 12.1. The van der Waals surface area contributed by atoms with Gasteiger partial charge in [-0.25, -0.2) is 4.39 Å². The molecule has 3 aliphatic carbocycles. The van der Waals surface area contributed by atoms with Gasteiger partial charge in [0.05, 0.1) is 0 Å². The summed E-state index contributed by atoms with van der Waals surface area (Å²) in [6.07, 6.45) is 12.2. The minimum atomic E-state index is -0.629. The summed E-state index contributed by atoms with van der Waals surface area (Å²) in [5.41, 5.74) is 1.79. The van der Waals surface area contributed by atoms with Crippen LogP contribution in [-0.4, -0.2) is 12.0 Å². The van der Waals surface area contributed by atoms with Crippen molar-refractivity contribution in [1.82, 2.24) is 0 Å². The molecule has 0 bridgehead atoms. The largest absolute Gasteiger partial charge is 0.300 e. The van der Waals surface area contributed by atoms with E-state index in [0.717, 1.165) is 38.5 Å². The van der Waals surface area contributed by atoms with Crippen molar-refractivity contribution in [3.8, 4) is 0 Å². The van der Waals surface area contributed by atoms with Crippen molar-refractivity contribution in [2.24, 2.45) is 22.7 Å². The standard InChI is InChI=1S/C21H33FO/c1-15(23)19-8-7-16-9-12-20(2)13-10-18(22)14-17(20)6-4-5-11-21(16,19)3/h6,16,18-19H,4-5,7-14H2,1-3H3/b17-6-. The highest BCUT2D eigenvalue weighted by Gasteiger charge is 2.48. The number of carbonyl (C=O) groups excluding carboxylic acids is 1. The summed E-state index contributed by atoms with van der Waals surface area (Å²) >= 11 is 0. The Bertz CT molecular complexity index is 496. The van der Waals surface area contributed by atoms with Crippen LogP contribution in [0.1, 0.15) is 85.0 Å². The average Bonchev–Trinajstić information content (AvgIpc) is 2.82. The van der Waals surface area contributed by atoms with Gasteiger partial charge in [0.1, 0.15) is 12.0 Å². The zero-order valence-electron chi connectivity index (χ0n) is 15.2. The Labute approximate surface area is 141 Å². The fraction of sp³-hybridized carbons (Fsp3) is 0.857. The van der Waals surface area contributed by atoms with E-state index in [1.54, 1.807) is 6.92 Å². The van der Waals surface area contributed by atoms with Crippen LogP contribution in [-0.2, 0) is 4.79 Å². The van der Waals surface area contributed by atoms with Crippen LogP contribution in [0.5, 0.6) is 0 Å². The van der Waals surface area contributed by atoms with Crippen LogP contribution in [0.3, 0.4) is 0 Å². The van der Waals surface area contributed by atoms with Gasteiger partial charge in [-0.05, 0) is 81.5 Å². The molecule has 2 fully saturated rings. The summed E-state index contributed by atoms with van der Waals surface area (Å²) in [5.74, 6) is 1.34. The van der Waals surface area contributed by atoms with E-state index in [1.807, 2.05) is 0 Å². The van der Waals surface area contributed by atoms with Gasteiger partial charge in [0, 0.05) is 12.3 Å². The number of halogens is 1. The first-order chi connectivity index (χ1) is 10.8. The smallest absolute Gasteiger partial charge is 0.133 e. The third kappa shape index (κ3) is 3.15. The summed E-state index contributed by atoms with van der Waals surface area (Å²) in [6.45, 7) is 6.53.